The maximum Gasteiger partial charge on any atom is 0.266 e. The lowest BCUT2D eigenvalue weighted by molar-refractivity contribution is -0.133. The summed E-state index contributed by atoms with van der Waals surface area (Å²) in [4.78, 5) is 29.1. The normalized spacial score (nSPS) is 22.6. The van der Waals surface area contributed by atoms with E-state index in [1.54, 1.807) is 12.1 Å². The molecule has 2 aliphatic carbocycles. The summed E-state index contributed by atoms with van der Waals surface area (Å²) in [6, 6.07) is 7.47. The molecule has 0 unspecified atom stereocenters. The van der Waals surface area contributed by atoms with E-state index in [2.05, 4.69) is 26.7 Å². The van der Waals surface area contributed by atoms with Crippen LogP contribution in [0, 0.1) is 0 Å². The van der Waals surface area contributed by atoms with Crippen molar-refractivity contribution in [3.8, 4) is 0 Å². The molecule has 10 nitrogen and oxygen atoms in total. The van der Waals surface area contributed by atoms with Gasteiger partial charge in [-0.3, -0.25) is 14.2 Å². The maximum atomic E-state index is 14.1. The highest BCUT2D eigenvalue weighted by molar-refractivity contribution is 7.85. The van der Waals surface area contributed by atoms with E-state index in [-0.39, 0.29) is 30.2 Å². The van der Waals surface area contributed by atoms with Crippen molar-refractivity contribution in [3.05, 3.63) is 52.4 Å². The average molecular weight is 592 g/mol. The van der Waals surface area contributed by atoms with Crippen molar-refractivity contribution in [2.24, 2.45) is 0 Å². The number of carbonyl (C=O) groups excluding carboxylic acids is 1. The van der Waals surface area contributed by atoms with Gasteiger partial charge in [0, 0.05) is 55.9 Å². The van der Waals surface area contributed by atoms with Crippen LogP contribution in [0.1, 0.15) is 73.8 Å². The Hall–Kier alpha value is -2.31. The van der Waals surface area contributed by atoms with Gasteiger partial charge in [-0.2, -0.15) is 8.42 Å². The van der Waals surface area contributed by atoms with Gasteiger partial charge in [-0.1, -0.05) is 43.5 Å². The number of piperazine rings is 1. The van der Waals surface area contributed by atoms with Gasteiger partial charge in [0.15, 0.2) is 0 Å². The third-order valence-electron chi connectivity index (χ3n) is 8.63. The van der Waals surface area contributed by atoms with E-state index in [9.17, 15) is 22.9 Å². The summed E-state index contributed by atoms with van der Waals surface area (Å²) < 4.78 is 32.6. The van der Waals surface area contributed by atoms with Gasteiger partial charge < -0.3 is 14.9 Å². The van der Waals surface area contributed by atoms with Gasteiger partial charge in [0.2, 0.25) is 5.91 Å². The Morgan fingerprint density at radius 1 is 1.12 bits per heavy atom. The highest BCUT2D eigenvalue weighted by Crippen LogP contribution is 2.43. The van der Waals surface area contributed by atoms with Crippen molar-refractivity contribution in [1.29, 1.82) is 0 Å². The van der Waals surface area contributed by atoms with Crippen molar-refractivity contribution in [1.82, 2.24) is 19.8 Å². The molecule has 3 aliphatic rings. The molecule has 1 saturated carbocycles. The Morgan fingerprint density at radius 3 is 2.45 bits per heavy atom. The summed E-state index contributed by atoms with van der Waals surface area (Å²) in [5, 5.41) is 11.0. The second kappa shape index (κ2) is 12.3. The third kappa shape index (κ3) is 6.60. The van der Waals surface area contributed by atoms with Crippen LogP contribution in [0.2, 0.25) is 5.02 Å². The quantitative estimate of drug-likeness (QED) is 0.422. The van der Waals surface area contributed by atoms with Gasteiger partial charge >= 0.3 is 0 Å². The first-order valence-corrected chi connectivity index (χ1v) is 16.1. The van der Waals surface area contributed by atoms with Gasteiger partial charge in [-0.05, 0) is 42.9 Å². The number of benzene rings is 1. The van der Waals surface area contributed by atoms with Crippen LogP contribution in [0.3, 0.4) is 0 Å². The van der Waals surface area contributed by atoms with Gasteiger partial charge in [0.05, 0.1) is 23.5 Å². The van der Waals surface area contributed by atoms with E-state index in [0.29, 0.717) is 49.9 Å². The molecule has 0 radical (unpaired) electrons. The largest absolute Gasteiger partial charge is 0.387 e. The Balaban J connectivity index is 1.34. The first-order chi connectivity index (χ1) is 19.1. The second-order valence-electron chi connectivity index (χ2n) is 11.3. The highest BCUT2D eigenvalue weighted by atomic mass is 35.5. The molecule has 3 atom stereocenters. The lowest BCUT2D eigenvalue weighted by Crippen LogP contribution is -2.52. The molecular weight excluding hydrogens is 554 g/mol. The molecule has 1 amide bonds. The van der Waals surface area contributed by atoms with Gasteiger partial charge in [0.25, 0.3) is 10.1 Å². The first kappa shape index (κ1) is 29.2. The molecule has 12 heteroatoms. The number of carbonyl (C=O) groups is 1. The van der Waals surface area contributed by atoms with E-state index in [1.165, 1.54) is 6.33 Å². The van der Waals surface area contributed by atoms with Crippen molar-refractivity contribution in [3.63, 3.8) is 0 Å². The van der Waals surface area contributed by atoms with E-state index in [4.69, 9.17) is 11.6 Å². The van der Waals surface area contributed by atoms with Crippen LogP contribution in [0.5, 0.6) is 0 Å². The monoisotopic (exact) mass is 591 g/mol. The molecule has 1 aliphatic heterocycles. The summed E-state index contributed by atoms with van der Waals surface area (Å²) in [5.41, 5.74) is 2.54. The molecule has 1 saturated heterocycles. The predicted octanol–water partition coefficient (Wildman–Crippen LogP) is 3.24. The molecule has 2 aromatic rings. The van der Waals surface area contributed by atoms with Crippen LogP contribution in [0.25, 0.3) is 0 Å². The molecule has 2 N–H and O–H groups in total. The zero-order valence-electron chi connectivity index (χ0n) is 22.8. The van der Waals surface area contributed by atoms with E-state index >= 15 is 0 Å². The fourth-order valence-electron chi connectivity index (χ4n) is 6.49. The van der Waals surface area contributed by atoms with Crippen LogP contribution in [0.15, 0.2) is 30.6 Å². The third-order valence-corrected chi connectivity index (χ3v) is 9.59. The molecule has 5 rings (SSSR count). The number of nitrogens with zero attached hydrogens (tertiary/aromatic N) is 5. The average Bonchev–Trinajstić information content (AvgIpc) is 3.57. The molecule has 218 valence electrons. The zero-order chi connectivity index (χ0) is 28.4. The van der Waals surface area contributed by atoms with Crippen molar-refractivity contribution >= 4 is 33.4 Å². The number of rotatable bonds is 9. The molecular formula is C28H38ClN5O5S. The number of anilines is 1. The number of hydrogen-bond donors (Lipinski definition) is 2. The second-order valence-corrected chi connectivity index (χ2v) is 13.3. The molecule has 2 heterocycles. The summed E-state index contributed by atoms with van der Waals surface area (Å²) >= 11 is 6.16. The van der Waals surface area contributed by atoms with Crippen molar-refractivity contribution in [2.45, 2.75) is 63.0 Å². The molecule has 40 heavy (non-hydrogen) atoms. The standard InChI is InChI=1S/C28H38ClN5O5S/c1-19-16-24(35)26-25(19)27(31-18-30-26)32-10-12-33(13-11-32)28(36)23(20-6-8-21(29)9-7-20)17-34(14-15-40(37,38)39)22-4-2-3-5-22/h6-9,18-19,22-24,35H,2-5,10-17H2,1H3,(H,37,38,39)/t19-,23-,24-/m1/s1. The van der Waals surface area contributed by atoms with Gasteiger partial charge in [-0.25, -0.2) is 9.97 Å². The van der Waals surface area contributed by atoms with E-state index in [0.717, 1.165) is 42.6 Å². The lowest BCUT2D eigenvalue weighted by Gasteiger charge is -2.39. The number of aliphatic hydroxyl groups excluding tert-OH is 1. The van der Waals surface area contributed by atoms with Crippen LogP contribution in [-0.2, 0) is 14.9 Å². The van der Waals surface area contributed by atoms with E-state index in [1.807, 2.05) is 17.0 Å². The number of aromatic nitrogens is 2. The number of halogens is 1. The molecule has 0 bridgehead atoms. The van der Waals surface area contributed by atoms with Gasteiger partial charge in [-0.15, -0.1) is 0 Å². The molecule has 1 aromatic heterocycles. The maximum absolute atomic E-state index is 14.1. The minimum absolute atomic E-state index is 0.00599. The smallest absolute Gasteiger partial charge is 0.266 e. The number of fused-ring (bicyclic) bond motifs is 1. The fourth-order valence-corrected chi connectivity index (χ4v) is 7.09. The number of hydrogen-bond acceptors (Lipinski definition) is 8. The fraction of sp³-hybridized carbons (Fsp3) is 0.607. The Kier molecular flexibility index (Phi) is 8.96. The number of aliphatic hydroxyl groups is 1. The van der Waals surface area contributed by atoms with Crippen LogP contribution in [0.4, 0.5) is 5.82 Å². The Morgan fingerprint density at radius 2 is 1.80 bits per heavy atom. The Bertz CT molecular complexity index is 1300. The zero-order valence-corrected chi connectivity index (χ0v) is 24.4. The lowest BCUT2D eigenvalue weighted by atomic mass is 9.95. The van der Waals surface area contributed by atoms with Gasteiger partial charge in [0.1, 0.15) is 12.1 Å². The number of amides is 1. The van der Waals surface area contributed by atoms with Crippen LogP contribution < -0.4 is 4.90 Å². The molecule has 1 aromatic carbocycles. The van der Waals surface area contributed by atoms with Crippen LogP contribution >= 0.6 is 11.6 Å². The SMILES string of the molecule is C[C@@H]1C[C@@H](O)c2ncnc(N3CCN(C(=O)[C@H](CN(CCS(=O)(=O)O)C4CCCC4)c4ccc(Cl)cc4)CC3)c21. The molecule has 2 fully saturated rings. The van der Waals surface area contributed by atoms with E-state index < -0.39 is 22.1 Å². The first-order valence-electron chi connectivity index (χ1n) is 14.1. The minimum Gasteiger partial charge on any atom is -0.387 e. The summed E-state index contributed by atoms with van der Waals surface area (Å²) in [6.45, 7) is 4.89. The summed E-state index contributed by atoms with van der Waals surface area (Å²) in [5.74, 6) is 0.144. The van der Waals surface area contributed by atoms with Crippen LogP contribution in [-0.4, -0.2) is 94.8 Å². The highest BCUT2D eigenvalue weighted by Gasteiger charge is 2.36. The topological polar surface area (TPSA) is 127 Å². The van der Waals surface area contributed by atoms with Crippen molar-refractivity contribution in [2.75, 3.05) is 49.9 Å². The Labute approximate surface area is 241 Å². The molecule has 0 spiro atoms. The predicted molar refractivity (Wildman–Crippen MR) is 153 cm³/mol. The minimum atomic E-state index is -4.13. The summed E-state index contributed by atoms with van der Waals surface area (Å²) in [6.07, 6.45) is 5.60. The van der Waals surface area contributed by atoms with Crippen molar-refractivity contribution < 1.29 is 22.9 Å². The summed E-state index contributed by atoms with van der Waals surface area (Å²) in [7, 11) is -4.13.